The summed E-state index contributed by atoms with van der Waals surface area (Å²) in [4.78, 5) is 12.2. The third-order valence-corrected chi connectivity index (χ3v) is 5.21. The van der Waals surface area contributed by atoms with Crippen LogP contribution in [0, 0.1) is 16.7 Å². The van der Waals surface area contributed by atoms with E-state index in [1.165, 1.54) is 4.68 Å². The van der Waals surface area contributed by atoms with Crippen LogP contribution in [0.2, 0.25) is 5.02 Å². The molecule has 1 aliphatic carbocycles. The summed E-state index contributed by atoms with van der Waals surface area (Å²) >= 11 is 6.20. The summed E-state index contributed by atoms with van der Waals surface area (Å²) in [6.45, 7) is 13.5. The predicted octanol–water partition coefficient (Wildman–Crippen LogP) is 3.40. The molecule has 4 nitrogen and oxygen atoms in total. The van der Waals surface area contributed by atoms with E-state index in [4.69, 9.17) is 11.6 Å². The lowest BCUT2D eigenvalue weighted by atomic mass is 10.0. The van der Waals surface area contributed by atoms with Crippen molar-refractivity contribution >= 4 is 17.3 Å². The lowest BCUT2D eigenvalue weighted by Gasteiger charge is -2.12. The zero-order chi connectivity index (χ0) is 15.3. The highest BCUT2D eigenvalue weighted by molar-refractivity contribution is 6.32. The van der Waals surface area contributed by atoms with Gasteiger partial charge in [-0.25, -0.2) is 4.68 Å². The average Bonchev–Trinajstić information content (AvgIpc) is 2.70. The molecular weight excluding hydrogens is 274 g/mol. The van der Waals surface area contributed by atoms with Crippen LogP contribution >= 0.6 is 11.6 Å². The maximum atomic E-state index is 12.2. The van der Waals surface area contributed by atoms with E-state index in [0.717, 1.165) is 0 Å². The Kier molecular flexibility index (Phi) is 3.66. The fourth-order valence-corrected chi connectivity index (χ4v) is 2.96. The van der Waals surface area contributed by atoms with Crippen molar-refractivity contribution in [3.63, 3.8) is 0 Å². The van der Waals surface area contributed by atoms with Gasteiger partial charge in [0, 0.05) is 12.6 Å². The van der Waals surface area contributed by atoms with Crippen molar-refractivity contribution in [3.8, 4) is 0 Å². The standard InChI is InChI=1S/C15H24ClN3O/c1-9(2)8-19-12(20)11(16)10(7-17-19)18-13-14(3,4)15(13,5)6/h7,9,13,18H,8H2,1-6H3. The lowest BCUT2D eigenvalue weighted by molar-refractivity contribution is 0.457. The van der Waals surface area contributed by atoms with E-state index >= 15 is 0 Å². The number of halogens is 1. The maximum Gasteiger partial charge on any atom is 0.287 e. The monoisotopic (exact) mass is 297 g/mol. The molecule has 1 fully saturated rings. The van der Waals surface area contributed by atoms with Gasteiger partial charge in [-0.05, 0) is 16.7 Å². The molecule has 0 bridgehead atoms. The Morgan fingerprint density at radius 1 is 1.35 bits per heavy atom. The summed E-state index contributed by atoms with van der Waals surface area (Å²) < 4.78 is 1.43. The second kappa shape index (κ2) is 4.76. The quantitative estimate of drug-likeness (QED) is 0.926. The highest BCUT2D eigenvalue weighted by Crippen LogP contribution is 2.63. The Labute approximate surface area is 125 Å². The Hall–Kier alpha value is -1.03. The number of hydrogen-bond donors (Lipinski definition) is 1. The minimum atomic E-state index is -0.221. The van der Waals surface area contributed by atoms with Crippen LogP contribution in [0.1, 0.15) is 41.5 Å². The Morgan fingerprint density at radius 2 is 1.90 bits per heavy atom. The molecule has 20 heavy (non-hydrogen) atoms. The van der Waals surface area contributed by atoms with Crippen LogP contribution in [-0.2, 0) is 6.54 Å². The van der Waals surface area contributed by atoms with E-state index in [-0.39, 0.29) is 21.4 Å². The van der Waals surface area contributed by atoms with Gasteiger partial charge in [0.15, 0.2) is 0 Å². The van der Waals surface area contributed by atoms with Crippen molar-refractivity contribution in [2.24, 2.45) is 16.7 Å². The molecule has 0 atom stereocenters. The van der Waals surface area contributed by atoms with Gasteiger partial charge in [0.05, 0.1) is 11.9 Å². The third kappa shape index (κ3) is 2.34. The topological polar surface area (TPSA) is 46.9 Å². The third-order valence-electron chi connectivity index (χ3n) is 4.84. The molecule has 1 N–H and O–H groups in total. The van der Waals surface area contributed by atoms with Gasteiger partial charge in [-0.1, -0.05) is 53.1 Å². The smallest absolute Gasteiger partial charge is 0.287 e. The van der Waals surface area contributed by atoms with Crippen molar-refractivity contribution in [1.82, 2.24) is 9.78 Å². The first-order valence-corrected chi connectivity index (χ1v) is 7.49. The van der Waals surface area contributed by atoms with Gasteiger partial charge in [0.2, 0.25) is 0 Å². The van der Waals surface area contributed by atoms with Gasteiger partial charge >= 0.3 is 0 Å². The highest BCUT2D eigenvalue weighted by Gasteiger charge is 2.65. The minimum Gasteiger partial charge on any atom is -0.379 e. The number of anilines is 1. The van der Waals surface area contributed by atoms with Gasteiger partial charge in [0.1, 0.15) is 5.02 Å². The SMILES string of the molecule is CC(C)Cn1ncc(NC2C(C)(C)C2(C)C)c(Cl)c1=O. The van der Waals surface area contributed by atoms with Crippen molar-refractivity contribution < 1.29 is 0 Å². The van der Waals surface area contributed by atoms with Gasteiger partial charge in [0.25, 0.3) is 5.56 Å². The number of nitrogens with one attached hydrogen (secondary N) is 1. The minimum absolute atomic E-state index is 0.184. The molecule has 112 valence electrons. The molecule has 0 unspecified atom stereocenters. The summed E-state index contributed by atoms with van der Waals surface area (Å²) in [5, 5.41) is 7.83. The first-order valence-electron chi connectivity index (χ1n) is 7.11. The summed E-state index contributed by atoms with van der Waals surface area (Å²) in [6, 6.07) is 0.301. The van der Waals surface area contributed by atoms with E-state index in [2.05, 4.69) is 38.1 Å². The van der Waals surface area contributed by atoms with E-state index in [1.807, 2.05) is 13.8 Å². The van der Waals surface area contributed by atoms with Gasteiger partial charge < -0.3 is 5.32 Å². The van der Waals surface area contributed by atoms with Crippen molar-refractivity contribution in [2.45, 2.75) is 54.1 Å². The summed E-state index contributed by atoms with van der Waals surface area (Å²) in [7, 11) is 0. The molecule has 1 saturated carbocycles. The molecule has 1 aromatic heterocycles. The van der Waals surface area contributed by atoms with E-state index in [9.17, 15) is 4.79 Å². The van der Waals surface area contributed by atoms with Gasteiger partial charge in [-0.3, -0.25) is 4.79 Å². The molecule has 0 aliphatic heterocycles. The van der Waals surface area contributed by atoms with Crippen LogP contribution in [0.4, 0.5) is 5.69 Å². The molecule has 0 radical (unpaired) electrons. The molecule has 0 saturated heterocycles. The fraction of sp³-hybridized carbons (Fsp3) is 0.733. The average molecular weight is 298 g/mol. The van der Waals surface area contributed by atoms with Crippen LogP contribution in [0.15, 0.2) is 11.0 Å². The molecule has 0 aromatic carbocycles. The van der Waals surface area contributed by atoms with Crippen molar-refractivity contribution in [1.29, 1.82) is 0 Å². The predicted molar refractivity (Wildman–Crippen MR) is 83.3 cm³/mol. The summed E-state index contributed by atoms with van der Waals surface area (Å²) in [5.41, 5.74) is 0.786. The fourth-order valence-electron chi connectivity index (χ4n) is 2.75. The molecule has 0 amide bonds. The molecular formula is C15H24ClN3O. The molecule has 1 heterocycles. The van der Waals surface area contributed by atoms with Crippen LogP contribution in [0.5, 0.6) is 0 Å². The zero-order valence-corrected chi connectivity index (χ0v) is 13.9. The van der Waals surface area contributed by atoms with E-state index < -0.39 is 0 Å². The largest absolute Gasteiger partial charge is 0.379 e. The second-order valence-electron chi connectivity index (χ2n) is 7.27. The Morgan fingerprint density at radius 3 is 2.35 bits per heavy atom. The van der Waals surface area contributed by atoms with E-state index in [0.29, 0.717) is 24.2 Å². The molecule has 0 spiro atoms. The van der Waals surface area contributed by atoms with Crippen LogP contribution in [-0.4, -0.2) is 15.8 Å². The Balaban J connectivity index is 2.24. The number of aromatic nitrogens is 2. The summed E-state index contributed by atoms with van der Waals surface area (Å²) in [6.07, 6.45) is 1.66. The molecule has 2 rings (SSSR count). The number of rotatable bonds is 4. The van der Waals surface area contributed by atoms with Crippen molar-refractivity contribution in [3.05, 3.63) is 21.6 Å². The Bertz CT molecular complexity index is 561. The number of nitrogens with zero attached hydrogens (tertiary/aromatic N) is 2. The first-order chi connectivity index (χ1) is 9.09. The maximum absolute atomic E-state index is 12.2. The lowest BCUT2D eigenvalue weighted by Crippen LogP contribution is -2.27. The second-order valence-corrected chi connectivity index (χ2v) is 7.65. The van der Waals surface area contributed by atoms with E-state index in [1.54, 1.807) is 6.20 Å². The zero-order valence-electron chi connectivity index (χ0n) is 13.1. The van der Waals surface area contributed by atoms with Gasteiger partial charge in [-0.15, -0.1) is 0 Å². The normalized spacial score (nSPS) is 20.2. The molecule has 1 aromatic rings. The van der Waals surface area contributed by atoms with Crippen LogP contribution in [0.3, 0.4) is 0 Å². The first kappa shape index (κ1) is 15.4. The summed E-state index contributed by atoms with van der Waals surface area (Å²) in [5.74, 6) is 0.358. The number of hydrogen-bond acceptors (Lipinski definition) is 3. The molecule has 5 heteroatoms. The highest BCUT2D eigenvalue weighted by atomic mass is 35.5. The molecule has 1 aliphatic rings. The van der Waals surface area contributed by atoms with Crippen molar-refractivity contribution in [2.75, 3.05) is 5.32 Å². The van der Waals surface area contributed by atoms with Crippen LogP contribution in [0.25, 0.3) is 0 Å². The van der Waals surface area contributed by atoms with Gasteiger partial charge in [-0.2, -0.15) is 5.10 Å². The van der Waals surface area contributed by atoms with Crippen LogP contribution < -0.4 is 10.9 Å².